The third-order valence-electron chi connectivity index (χ3n) is 13.6. The molecule has 0 aliphatic rings. The summed E-state index contributed by atoms with van der Waals surface area (Å²) in [6.45, 7) is 4.76. The van der Waals surface area contributed by atoms with Crippen molar-refractivity contribution in [2.45, 2.75) is 283 Å². The minimum atomic E-state index is -1.51. The number of unbranched alkanes of at least 4 members (excludes halogenated alkanes) is 29. The monoisotopic (exact) mass is 1080 g/mol. The van der Waals surface area contributed by atoms with Crippen molar-refractivity contribution in [2.24, 2.45) is 0 Å². The maximum absolute atomic E-state index is 12.9. The zero-order valence-corrected chi connectivity index (χ0v) is 50.6. The van der Waals surface area contributed by atoms with Crippen molar-refractivity contribution in [3.8, 4) is 0 Å². The highest BCUT2D eigenvalue weighted by Gasteiger charge is 2.25. The highest BCUT2D eigenvalue weighted by atomic mass is 16.7. The SMILES string of the molecule is CC/C=C\C/C=C\C/C=C\C/C=C\C/C=C\C/C=C\CCCCCCCCCCCCCCCCCCCCC(=O)OC(COC(=O)CCCCCCC/C=C\CCCCCCCC)COC(OCC[N+](C)(C)C)C(=O)O. The normalized spacial score (nSPS) is 13.3. The molecule has 0 saturated carbocycles. The molecule has 0 aromatic heterocycles. The van der Waals surface area contributed by atoms with Crippen LogP contribution in [0, 0.1) is 0 Å². The predicted molar refractivity (Wildman–Crippen MR) is 327 cm³/mol. The molecule has 0 amide bonds. The molecule has 0 radical (unpaired) electrons. The molecule has 0 spiro atoms. The fraction of sp³-hybridized carbons (Fsp3) is 0.750. The smallest absolute Gasteiger partial charge is 0.361 e. The van der Waals surface area contributed by atoms with E-state index in [9.17, 15) is 19.5 Å². The largest absolute Gasteiger partial charge is 0.477 e. The molecule has 0 heterocycles. The number of ether oxygens (including phenoxy) is 4. The van der Waals surface area contributed by atoms with Gasteiger partial charge in [0.05, 0.1) is 34.4 Å². The van der Waals surface area contributed by atoms with Crippen LogP contribution in [0.4, 0.5) is 0 Å². The quantitative estimate of drug-likeness (QED) is 0.0211. The van der Waals surface area contributed by atoms with Crippen LogP contribution >= 0.6 is 0 Å². The minimum absolute atomic E-state index is 0.185. The van der Waals surface area contributed by atoms with Crippen molar-refractivity contribution < 1.29 is 42.9 Å². The molecule has 2 atom stereocenters. The van der Waals surface area contributed by atoms with Crippen LogP contribution in [0.25, 0.3) is 0 Å². The Balaban J connectivity index is 4.06. The summed E-state index contributed by atoms with van der Waals surface area (Å²) in [6, 6.07) is 0. The third-order valence-corrected chi connectivity index (χ3v) is 13.6. The standard InChI is InChI=1S/C68H119NO8/c1-6-8-10-12-14-16-18-20-22-23-24-25-26-27-28-29-30-31-32-33-34-35-36-37-38-39-40-41-42-43-45-47-49-51-53-55-57-59-66(71)77-64(63-76-68(67(72)73)74-61-60-69(3,4)5)62-75-65(70)58-56-54-52-50-48-46-44-21-19-17-15-13-11-9-7-2/h8,10,14,16,20-22,24-25,27-28,30-31,44,64,68H,6-7,9,11-13,15,17-19,23,26,29,32-43,45-63H2,1-5H3/p+1/b10-8-,16-14-,22-20-,25-24-,28-27-,31-30-,44-21-. The number of carbonyl (C=O) groups is 3. The highest BCUT2D eigenvalue weighted by molar-refractivity contribution is 5.71. The van der Waals surface area contributed by atoms with Crippen LogP contribution in [0.15, 0.2) is 85.1 Å². The number of carboxylic acids is 1. The summed E-state index contributed by atoms with van der Waals surface area (Å²) >= 11 is 0. The van der Waals surface area contributed by atoms with E-state index < -0.39 is 24.3 Å². The topological polar surface area (TPSA) is 108 Å². The third kappa shape index (κ3) is 60.0. The van der Waals surface area contributed by atoms with Gasteiger partial charge in [-0.1, -0.05) is 253 Å². The zero-order chi connectivity index (χ0) is 56.2. The molecular formula is C68H120NO8+. The number of carbonyl (C=O) groups excluding carboxylic acids is 2. The Morgan fingerprint density at radius 3 is 1.12 bits per heavy atom. The second kappa shape index (κ2) is 58.6. The van der Waals surface area contributed by atoms with Crippen LogP contribution in [0.3, 0.4) is 0 Å². The molecule has 77 heavy (non-hydrogen) atoms. The molecule has 0 aromatic rings. The first-order valence-corrected chi connectivity index (χ1v) is 31.8. The van der Waals surface area contributed by atoms with Crippen molar-refractivity contribution in [1.82, 2.24) is 0 Å². The number of esters is 2. The van der Waals surface area contributed by atoms with E-state index in [1.807, 2.05) is 21.1 Å². The van der Waals surface area contributed by atoms with E-state index in [4.69, 9.17) is 18.9 Å². The first-order chi connectivity index (χ1) is 37.6. The molecule has 2 unspecified atom stereocenters. The van der Waals surface area contributed by atoms with Gasteiger partial charge in [-0.3, -0.25) is 9.59 Å². The van der Waals surface area contributed by atoms with E-state index in [1.165, 1.54) is 148 Å². The summed E-state index contributed by atoms with van der Waals surface area (Å²) in [4.78, 5) is 37.4. The summed E-state index contributed by atoms with van der Waals surface area (Å²) < 4.78 is 22.9. The van der Waals surface area contributed by atoms with Crippen molar-refractivity contribution >= 4 is 17.9 Å². The number of likely N-dealkylation sites (N-methyl/N-ethyl adjacent to an activating group) is 1. The number of hydrogen-bond acceptors (Lipinski definition) is 7. The van der Waals surface area contributed by atoms with E-state index >= 15 is 0 Å². The molecule has 1 N–H and O–H groups in total. The fourth-order valence-electron chi connectivity index (χ4n) is 8.78. The van der Waals surface area contributed by atoms with Crippen LogP contribution < -0.4 is 0 Å². The van der Waals surface area contributed by atoms with Gasteiger partial charge in [-0.05, 0) is 89.9 Å². The second-order valence-corrected chi connectivity index (χ2v) is 22.3. The van der Waals surface area contributed by atoms with Gasteiger partial charge in [0.25, 0.3) is 6.29 Å². The lowest BCUT2D eigenvalue weighted by Gasteiger charge is -2.25. The van der Waals surface area contributed by atoms with Crippen molar-refractivity contribution in [3.63, 3.8) is 0 Å². The molecule has 0 bridgehead atoms. The number of carboxylic acid groups (broad SMARTS) is 1. The average Bonchev–Trinajstić information content (AvgIpc) is 3.40. The molecule has 0 aliphatic heterocycles. The Morgan fingerprint density at radius 2 is 0.740 bits per heavy atom. The maximum Gasteiger partial charge on any atom is 0.361 e. The predicted octanol–water partition coefficient (Wildman–Crippen LogP) is 19.1. The zero-order valence-electron chi connectivity index (χ0n) is 50.6. The number of hydrogen-bond donors (Lipinski definition) is 1. The summed E-state index contributed by atoms with van der Waals surface area (Å²) in [6.07, 6.45) is 75.4. The number of rotatable bonds is 58. The lowest BCUT2D eigenvalue weighted by atomic mass is 10.0. The van der Waals surface area contributed by atoms with Gasteiger partial charge in [-0.15, -0.1) is 0 Å². The van der Waals surface area contributed by atoms with Crippen molar-refractivity contribution in [3.05, 3.63) is 85.1 Å². The van der Waals surface area contributed by atoms with Gasteiger partial charge in [0.2, 0.25) is 0 Å². The summed E-state index contributed by atoms with van der Waals surface area (Å²) in [5.41, 5.74) is 0. The molecule has 0 fully saturated rings. The van der Waals surface area contributed by atoms with Crippen LogP contribution in [-0.2, 0) is 33.3 Å². The number of quaternary nitrogens is 1. The molecule has 9 heteroatoms. The number of allylic oxidation sites excluding steroid dienone is 14. The molecule has 444 valence electrons. The van der Waals surface area contributed by atoms with Crippen LogP contribution in [0.1, 0.15) is 271 Å². The van der Waals surface area contributed by atoms with Gasteiger partial charge in [-0.2, -0.15) is 0 Å². The van der Waals surface area contributed by atoms with Gasteiger partial charge in [0.15, 0.2) is 6.10 Å². The molecule has 0 aromatic carbocycles. The minimum Gasteiger partial charge on any atom is -0.477 e. The summed E-state index contributed by atoms with van der Waals surface area (Å²) in [7, 11) is 5.97. The molecular weight excluding hydrogens is 959 g/mol. The van der Waals surface area contributed by atoms with E-state index in [0.29, 0.717) is 17.4 Å². The fourth-order valence-corrected chi connectivity index (χ4v) is 8.78. The second-order valence-electron chi connectivity index (χ2n) is 22.3. The number of aliphatic carboxylic acids is 1. The van der Waals surface area contributed by atoms with Gasteiger partial charge < -0.3 is 28.5 Å². The van der Waals surface area contributed by atoms with Crippen LogP contribution in [0.5, 0.6) is 0 Å². The van der Waals surface area contributed by atoms with Gasteiger partial charge >= 0.3 is 17.9 Å². The van der Waals surface area contributed by atoms with Crippen LogP contribution in [-0.4, -0.2) is 87.4 Å². The first-order valence-electron chi connectivity index (χ1n) is 31.8. The van der Waals surface area contributed by atoms with Crippen LogP contribution in [0.2, 0.25) is 0 Å². The van der Waals surface area contributed by atoms with Crippen molar-refractivity contribution in [2.75, 3.05) is 47.5 Å². The van der Waals surface area contributed by atoms with Crippen molar-refractivity contribution in [1.29, 1.82) is 0 Å². The van der Waals surface area contributed by atoms with E-state index in [2.05, 4.69) is 98.9 Å². The Kier molecular flexibility index (Phi) is 55.9. The maximum atomic E-state index is 12.9. The Bertz CT molecular complexity index is 1540. The Hall–Kier alpha value is -3.53. The lowest BCUT2D eigenvalue weighted by molar-refractivity contribution is -0.870. The summed E-state index contributed by atoms with van der Waals surface area (Å²) in [5, 5.41) is 9.71. The Labute approximate surface area is 474 Å². The van der Waals surface area contributed by atoms with E-state index in [-0.39, 0.29) is 32.2 Å². The molecule has 0 saturated heterocycles. The Morgan fingerprint density at radius 1 is 0.403 bits per heavy atom. The average molecular weight is 1080 g/mol. The van der Waals surface area contributed by atoms with E-state index in [1.54, 1.807) is 0 Å². The van der Waals surface area contributed by atoms with E-state index in [0.717, 1.165) is 96.3 Å². The molecule has 9 nitrogen and oxygen atoms in total. The summed E-state index contributed by atoms with van der Waals surface area (Å²) in [5.74, 6) is -2.01. The number of nitrogens with zero attached hydrogens (tertiary/aromatic N) is 1. The highest BCUT2D eigenvalue weighted by Crippen LogP contribution is 2.17. The lowest BCUT2D eigenvalue weighted by Crippen LogP contribution is -2.40. The van der Waals surface area contributed by atoms with Gasteiger partial charge in [-0.25, -0.2) is 4.79 Å². The first kappa shape index (κ1) is 73.5. The van der Waals surface area contributed by atoms with Gasteiger partial charge in [0.1, 0.15) is 13.2 Å². The molecule has 0 rings (SSSR count). The van der Waals surface area contributed by atoms with Gasteiger partial charge in [0, 0.05) is 12.8 Å². The molecule has 0 aliphatic carbocycles.